The van der Waals surface area contributed by atoms with Crippen molar-refractivity contribution in [1.82, 2.24) is 5.32 Å². The molecule has 6 heteroatoms. The first-order valence-electron chi connectivity index (χ1n) is 6.23. The highest BCUT2D eigenvalue weighted by atomic mass is 16.6. The van der Waals surface area contributed by atoms with Crippen LogP contribution in [0.3, 0.4) is 0 Å². The van der Waals surface area contributed by atoms with Crippen LogP contribution >= 0.6 is 0 Å². The third-order valence-electron chi connectivity index (χ3n) is 3.70. The molecule has 0 aromatic heterocycles. The summed E-state index contributed by atoms with van der Waals surface area (Å²) in [6.45, 7) is 2.64. The van der Waals surface area contributed by atoms with Gasteiger partial charge in [-0.25, -0.2) is 0 Å². The molecular formula is C13H17N3O3. The van der Waals surface area contributed by atoms with Crippen molar-refractivity contribution >= 4 is 17.3 Å². The maximum Gasteiger partial charge on any atom is 0.282 e. The number of nitro benzene ring substituents is 1. The van der Waals surface area contributed by atoms with Crippen LogP contribution in [-0.2, 0) is 0 Å². The number of anilines is 1. The van der Waals surface area contributed by atoms with Gasteiger partial charge < -0.3 is 11.1 Å². The van der Waals surface area contributed by atoms with Gasteiger partial charge in [-0.3, -0.25) is 14.9 Å². The number of benzene rings is 1. The number of carbonyl (C=O) groups is 1. The molecule has 3 N–H and O–H groups in total. The summed E-state index contributed by atoms with van der Waals surface area (Å²) >= 11 is 0. The van der Waals surface area contributed by atoms with Gasteiger partial charge in [-0.05, 0) is 30.4 Å². The molecule has 1 fully saturated rings. The number of amides is 1. The molecule has 0 spiro atoms. The highest BCUT2D eigenvalue weighted by molar-refractivity contribution is 5.99. The standard InChI is InChI=1S/C13H17N3O3/c1-13(5-2-6-13)8-15-12(17)10-7-9(14)3-4-11(10)16(18)19/h3-4,7H,2,5-6,8,14H2,1H3,(H,15,17). The van der Waals surface area contributed by atoms with Gasteiger partial charge >= 0.3 is 0 Å². The van der Waals surface area contributed by atoms with Crippen LogP contribution in [0.4, 0.5) is 11.4 Å². The monoisotopic (exact) mass is 263 g/mol. The molecule has 0 bridgehead atoms. The molecule has 6 nitrogen and oxygen atoms in total. The van der Waals surface area contributed by atoms with E-state index in [9.17, 15) is 14.9 Å². The number of nitrogens with one attached hydrogen (secondary N) is 1. The number of rotatable bonds is 4. The summed E-state index contributed by atoms with van der Waals surface area (Å²) in [6.07, 6.45) is 3.32. The largest absolute Gasteiger partial charge is 0.399 e. The minimum absolute atomic E-state index is 0.0212. The Morgan fingerprint density at radius 3 is 2.74 bits per heavy atom. The van der Waals surface area contributed by atoms with Gasteiger partial charge in [0.2, 0.25) is 0 Å². The lowest BCUT2D eigenvalue weighted by atomic mass is 9.70. The lowest BCUT2D eigenvalue weighted by Gasteiger charge is -2.38. The fraction of sp³-hybridized carbons (Fsp3) is 0.462. The van der Waals surface area contributed by atoms with Gasteiger partial charge in [-0.15, -0.1) is 0 Å². The van der Waals surface area contributed by atoms with Crippen LogP contribution in [0.1, 0.15) is 36.5 Å². The van der Waals surface area contributed by atoms with E-state index < -0.39 is 10.8 Å². The van der Waals surface area contributed by atoms with E-state index in [0.29, 0.717) is 12.2 Å². The number of nitrogens with two attached hydrogens (primary N) is 1. The van der Waals surface area contributed by atoms with Crippen molar-refractivity contribution in [2.24, 2.45) is 5.41 Å². The molecule has 1 aromatic carbocycles. The second-order valence-corrected chi connectivity index (χ2v) is 5.38. The average Bonchev–Trinajstić information content (AvgIpc) is 2.33. The van der Waals surface area contributed by atoms with Crippen molar-refractivity contribution in [2.45, 2.75) is 26.2 Å². The van der Waals surface area contributed by atoms with Gasteiger partial charge in [0, 0.05) is 18.3 Å². The fourth-order valence-corrected chi connectivity index (χ4v) is 2.24. The first-order valence-corrected chi connectivity index (χ1v) is 6.23. The van der Waals surface area contributed by atoms with E-state index in [0.717, 1.165) is 12.8 Å². The molecule has 0 heterocycles. The molecule has 1 saturated carbocycles. The minimum atomic E-state index is -0.570. The summed E-state index contributed by atoms with van der Waals surface area (Å²) in [6, 6.07) is 4.02. The van der Waals surface area contributed by atoms with Crippen molar-refractivity contribution in [2.75, 3.05) is 12.3 Å². The highest BCUT2D eigenvalue weighted by Gasteiger charge is 2.32. The van der Waals surface area contributed by atoms with E-state index in [-0.39, 0.29) is 16.7 Å². The SMILES string of the molecule is CC1(CNC(=O)c2cc(N)ccc2[N+](=O)[O-])CCC1. The Bertz CT molecular complexity index is 524. The molecule has 0 unspecified atom stereocenters. The molecule has 0 radical (unpaired) electrons. The van der Waals surface area contributed by atoms with Crippen LogP contribution in [0, 0.1) is 15.5 Å². The third kappa shape index (κ3) is 2.83. The number of hydrogen-bond acceptors (Lipinski definition) is 4. The van der Waals surface area contributed by atoms with E-state index in [1.54, 1.807) is 0 Å². The number of nitrogen functional groups attached to an aromatic ring is 1. The Hall–Kier alpha value is -2.11. The minimum Gasteiger partial charge on any atom is -0.399 e. The molecule has 19 heavy (non-hydrogen) atoms. The second kappa shape index (κ2) is 4.87. The van der Waals surface area contributed by atoms with E-state index in [2.05, 4.69) is 12.2 Å². The molecule has 0 aliphatic heterocycles. The van der Waals surface area contributed by atoms with Crippen LogP contribution in [0.15, 0.2) is 18.2 Å². The molecule has 1 aliphatic rings. The Kier molecular flexibility index (Phi) is 3.42. The Morgan fingerprint density at radius 1 is 1.53 bits per heavy atom. The topological polar surface area (TPSA) is 98.3 Å². The summed E-state index contributed by atoms with van der Waals surface area (Å²) in [5.74, 6) is -0.438. The van der Waals surface area contributed by atoms with Gasteiger partial charge in [-0.2, -0.15) is 0 Å². The predicted octanol–water partition coefficient (Wildman–Crippen LogP) is 2.10. The molecule has 2 rings (SSSR count). The van der Waals surface area contributed by atoms with Crippen LogP contribution in [0.2, 0.25) is 0 Å². The van der Waals surface area contributed by atoms with Gasteiger partial charge in [0.15, 0.2) is 0 Å². The quantitative estimate of drug-likeness (QED) is 0.493. The number of nitro groups is 1. The molecule has 0 saturated heterocycles. The normalized spacial score (nSPS) is 16.5. The Balaban J connectivity index is 2.13. The second-order valence-electron chi connectivity index (χ2n) is 5.38. The van der Waals surface area contributed by atoms with Crippen molar-refractivity contribution in [3.8, 4) is 0 Å². The number of carbonyl (C=O) groups excluding carboxylic acids is 1. The summed E-state index contributed by atoms with van der Waals surface area (Å²) < 4.78 is 0. The summed E-state index contributed by atoms with van der Waals surface area (Å²) in [5.41, 5.74) is 5.85. The fourth-order valence-electron chi connectivity index (χ4n) is 2.24. The van der Waals surface area contributed by atoms with Gasteiger partial charge in [0.1, 0.15) is 5.56 Å². The Morgan fingerprint density at radius 2 is 2.21 bits per heavy atom. The smallest absolute Gasteiger partial charge is 0.282 e. The third-order valence-corrected chi connectivity index (χ3v) is 3.70. The summed E-state index contributed by atoms with van der Waals surface area (Å²) in [5, 5.41) is 13.7. The van der Waals surface area contributed by atoms with Crippen molar-refractivity contribution < 1.29 is 9.72 Å². The van der Waals surface area contributed by atoms with E-state index in [1.165, 1.54) is 24.6 Å². The molecule has 0 atom stereocenters. The zero-order valence-corrected chi connectivity index (χ0v) is 10.8. The molecular weight excluding hydrogens is 246 g/mol. The Labute approximate surface area is 111 Å². The number of nitrogens with zero attached hydrogens (tertiary/aromatic N) is 1. The van der Waals surface area contributed by atoms with Crippen molar-refractivity contribution in [3.05, 3.63) is 33.9 Å². The lowest BCUT2D eigenvalue weighted by molar-refractivity contribution is -0.385. The van der Waals surface area contributed by atoms with Crippen molar-refractivity contribution in [3.63, 3.8) is 0 Å². The molecule has 1 amide bonds. The van der Waals surface area contributed by atoms with Gasteiger partial charge in [0.25, 0.3) is 11.6 Å². The summed E-state index contributed by atoms with van der Waals surface area (Å²) in [4.78, 5) is 22.4. The van der Waals surface area contributed by atoms with E-state index in [1.807, 2.05) is 0 Å². The van der Waals surface area contributed by atoms with Crippen LogP contribution in [0.25, 0.3) is 0 Å². The van der Waals surface area contributed by atoms with Crippen LogP contribution in [-0.4, -0.2) is 17.4 Å². The summed E-state index contributed by atoms with van der Waals surface area (Å²) in [7, 11) is 0. The van der Waals surface area contributed by atoms with Crippen LogP contribution < -0.4 is 11.1 Å². The zero-order valence-electron chi connectivity index (χ0n) is 10.8. The zero-order chi connectivity index (χ0) is 14.0. The maximum atomic E-state index is 12.0. The van der Waals surface area contributed by atoms with E-state index in [4.69, 9.17) is 5.73 Å². The predicted molar refractivity (Wildman–Crippen MR) is 71.8 cm³/mol. The first kappa shape index (κ1) is 13.3. The molecule has 1 aliphatic carbocycles. The molecule has 1 aromatic rings. The van der Waals surface area contributed by atoms with Gasteiger partial charge in [0.05, 0.1) is 4.92 Å². The van der Waals surface area contributed by atoms with Crippen LogP contribution in [0.5, 0.6) is 0 Å². The average molecular weight is 263 g/mol. The van der Waals surface area contributed by atoms with Crippen molar-refractivity contribution in [1.29, 1.82) is 0 Å². The number of hydrogen-bond donors (Lipinski definition) is 2. The first-order chi connectivity index (χ1) is 8.91. The van der Waals surface area contributed by atoms with Gasteiger partial charge in [-0.1, -0.05) is 13.3 Å². The van der Waals surface area contributed by atoms with E-state index >= 15 is 0 Å². The lowest BCUT2D eigenvalue weighted by Crippen LogP contribution is -2.40. The molecule has 102 valence electrons. The highest BCUT2D eigenvalue weighted by Crippen LogP contribution is 2.39. The maximum absolute atomic E-state index is 12.0.